The van der Waals surface area contributed by atoms with Crippen molar-refractivity contribution in [3.63, 3.8) is 0 Å². The minimum atomic E-state index is -0.0335. The Morgan fingerprint density at radius 3 is 2.77 bits per heavy atom. The van der Waals surface area contributed by atoms with Gasteiger partial charge in [-0.15, -0.1) is 0 Å². The topological polar surface area (TPSA) is 59.5 Å². The molecule has 1 aromatic carbocycles. The van der Waals surface area contributed by atoms with Crippen LogP contribution in [0.1, 0.15) is 41.4 Å². The van der Waals surface area contributed by atoms with Crippen molar-refractivity contribution in [2.24, 2.45) is 11.7 Å². The number of nitrogens with zero attached hydrogens (tertiary/aromatic N) is 1. The van der Waals surface area contributed by atoms with Crippen LogP contribution in [0.5, 0.6) is 0 Å². The van der Waals surface area contributed by atoms with Crippen LogP contribution in [0.4, 0.5) is 0 Å². The lowest BCUT2D eigenvalue weighted by Crippen LogP contribution is -2.49. The molecule has 2 heterocycles. The van der Waals surface area contributed by atoms with Crippen molar-refractivity contribution < 1.29 is 9.21 Å². The summed E-state index contributed by atoms with van der Waals surface area (Å²) in [5, 5.41) is 0.987. The maximum absolute atomic E-state index is 12.8. The van der Waals surface area contributed by atoms with Gasteiger partial charge in [0.2, 0.25) is 0 Å². The van der Waals surface area contributed by atoms with Gasteiger partial charge in [0, 0.05) is 24.5 Å². The SMILES string of the molecule is Cc1cc2cc(C(=O)N3CCC(C)CC3CN)oc2cc1C. The van der Waals surface area contributed by atoms with E-state index < -0.39 is 0 Å². The molecule has 3 rings (SSSR count). The van der Waals surface area contributed by atoms with E-state index in [-0.39, 0.29) is 11.9 Å². The Balaban J connectivity index is 1.91. The zero-order valence-electron chi connectivity index (χ0n) is 13.6. The number of hydrogen-bond acceptors (Lipinski definition) is 3. The summed E-state index contributed by atoms with van der Waals surface area (Å²) in [5.74, 6) is 1.01. The van der Waals surface area contributed by atoms with Crippen molar-refractivity contribution in [3.8, 4) is 0 Å². The summed E-state index contributed by atoms with van der Waals surface area (Å²) in [7, 11) is 0. The highest BCUT2D eigenvalue weighted by Crippen LogP contribution is 2.27. The highest BCUT2D eigenvalue weighted by molar-refractivity contribution is 5.96. The maximum atomic E-state index is 12.8. The molecule has 2 N–H and O–H groups in total. The number of furan rings is 1. The second kappa shape index (κ2) is 5.76. The van der Waals surface area contributed by atoms with Crippen LogP contribution in [0.3, 0.4) is 0 Å². The third kappa shape index (κ3) is 2.63. The van der Waals surface area contributed by atoms with Gasteiger partial charge in [-0.2, -0.15) is 0 Å². The molecule has 1 aromatic heterocycles. The molecule has 2 atom stereocenters. The lowest BCUT2D eigenvalue weighted by atomic mass is 9.92. The van der Waals surface area contributed by atoms with E-state index in [0.717, 1.165) is 30.4 Å². The van der Waals surface area contributed by atoms with Gasteiger partial charge in [0.1, 0.15) is 5.58 Å². The van der Waals surface area contributed by atoms with E-state index >= 15 is 0 Å². The minimum absolute atomic E-state index is 0.0335. The van der Waals surface area contributed by atoms with Crippen LogP contribution in [-0.4, -0.2) is 29.9 Å². The molecule has 1 amide bonds. The van der Waals surface area contributed by atoms with Crippen molar-refractivity contribution in [1.29, 1.82) is 0 Å². The summed E-state index contributed by atoms with van der Waals surface area (Å²) in [6, 6.07) is 6.05. The van der Waals surface area contributed by atoms with Crippen LogP contribution in [0.25, 0.3) is 11.0 Å². The number of amides is 1. The molecule has 4 heteroatoms. The van der Waals surface area contributed by atoms with Gasteiger partial charge < -0.3 is 15.1 Å². The molecular weight excluding hydrogens is 276 g/mol. The van der Waals surface area contributed by atoms with Crippen LogP contribution in [0.2, 0.25) is 0 Å². The van der Waals surface area contributed by atoms with Crippen molar-refractivity contribution >= 4 is 16.9 Å². The average molecular weight is 300 g/mol. The van der Waals surface area contributed by atoms with Crippen molar-refractivity contribution in [3.05, 3.63) is 35.1 Å². The van der Waals surface area contributed by atoms with Gasteiger partial charge in [-0.1, -0.05) is 6.92 Å². The van der Waals surface area contributed by atoms with E-state index in [1.54, 1.807) is 0 Å². The monoisotopic (exact) mass is 300 g/mol. The normalized spacial score (nSPS) is 22.3. The number of benzene rings is 1. The third-order valence-electron chi connectivity index (χ3n) is 4.85. The van der Waals surface area contributed by atoms with Gasteiger partial charge in [-0.3, -0.25) is 4.79 Å². The molecule has 22 heavy (non-hydrogen) atoms. The van der Waals surface area contributed by atoms with Gasteiger partial charge in [0.05, 0.1) is 0 Å². The fraction of sp³-hybridized carbons (Fsp3) is 0.500. The Bertz CT molecular complexity index is 665. The smallest absolute Gasteiger partial charge is 0.289 e. The lowest BCUT2D eigenvalue weighted by molar-refractivity contribution is 0.0544. The van der Waals surface area contributed by atoms with E-state index in [9.17, 15) is 4.79 Å². The first-order valence-electron chi connectivity index (χ1n) is 8.01. The molecule has 0 saturated carbocycles. The molecule has 0 bridgehead atoms. The Morgan fingerprint density at radius 2 is 2.05 bits per heavy atom. The van der Waals surface area contributed by atoms with E-state index in [4.69, 9.17) is 10.2 Å². The highest BCUT2D eigenvalue weighted by atomic mass is 16.3. The number of rotatable bonds is 2. The molecule has 1 aliphatic heterocycles. The molecule has 4 nitrogen and oxygen atoms in total. The summed E-state index contributed by atoms with van der Waals surface area (Å²) in [6.07, 6.45) is 2.00. The number of likely N-dealkylation sites (tertiary alicyclic amines) is 1. The lowest BCUT2D eigenvalue weighted by Gasteiger charge is -2.37. The molecule has 1 aliphatic rings. The summed E-state index contributed by atoms with van der Waals surface area (Å²) < 4.78 is 5.81. The minimum Gasteiger partial charge on any atom is -0.451 e. The van der Waals surface area contributed by atoms with Crippen molar-refractivity contribution in [2.45, 2.75) is 39.7 Å². The Labute approximate surface area is 131 Å². The molecule has 2 unspecified atom stereocenters. The third-order valence-corrected chi connectivity index (χ3v) is 4.85. The van der Waals surface area contributed by atoms with Crippen LogP contribution in [-0.2, 0) is 0 Å². The van der Waals surface area contributed by atoms with Crippen molar-refractivity contribution in [1.82, 2.24) is 4.90 Å². The molecule has 1 fully saturated rings. The largest absolute Gasteiger partial charge is 0.451 e. The number of piperidine rings is 1. The van der Waals surface area contributed by atoms with Crippen LogP contribution in [0, 0.1) is 19.8 Å². The molecular formula is C18H24N2O2. The van der Waals surface area contributed by atoms with Crippen molar-refractivity contribution in [2.75, 3.05) is 13.1 Å². The number of carbonyl (C=O) groups excluding carboxylic acids is 1. The standard InChI is InChI=1S/C18H24N2O2/c1-11-4-5-20(15(6-11)10-19)18(21)17-9-14-7-12(2)13(3)8-16(14)22-17/h7-9,11,15H,4-6,10,19H2,1-3H3. The van der Waals surface area contributed by atoms with E-state index in [2.05, 4.69) is 26.8 Å². The molecule has 118 valence electrons. The summed E-state index contributed by atoms with van der Waals surface area (Å²) in [4.78, 5) is 14.7. The number of nitrogens with two attached hydrogens (primary N) is 1. The maximum Gasteiger partial charge on any atom is 0.289 e. The van der Waals surface area contributed by atoms with E-state index in [1.807, 2.05) is 17.0 Å². The zero-order chi connectivity index (χ0) is 15.9. The Morgan fingerprint density at radius 1 is 1.32 bits per heavy atom. The zero-order valence-corrected chi connectivity index (χ0v) is 13.6. The number of carbonyl (C=O) groups is 1. The predicted octanol–water partition coefficient (Wildman–Crippen LogP) is 3.25. The highest BCUT2D eigenvalue weighted by Gasteiger charge is 2.31. The van der Waals surface area contributed by atoms with Gasteiger partial charge in [-0.25, -0.2) is 0 Å². The second-order valence-corrected chi connectivity index (χ2v) is 6.60. The van der Waals surface area contributed by atoms with Gasteiger partial charge in [0.25, 0.3) is 5.91 Å². The molecule has 0 spiro atoms. The number of fused-ring (bicyclic) bond motifs is 1. The second-order valence-electron chi connectivity index (χ2n) is 6.60. The van der Waals surface area contributed by atoms with E-state index in [0.29, 0.717) is 18.2 Å². The van der Waals surface area contributed by atoms with Crippen LogP contribution >= 0.6 is 0 Å². The number of aryl methyl sites for hydroxylation is 2. The predicted molar refractivity (Wildman–Crippen MR) is 88.0 cm³/mol. The quantitative estimate of drug-likeness (QED) is 0.926. The summed E-state index contributed by atoms with van der Waals surface area (Å²) in [6.45, 7) is 7.61. The Hall–Kier alpha value is -1.81. The fourth-order valence-electron chi connectivity index (χ4n) is 3.29. The summed E-state index contributed by atoms with van der Waals surface area (Å²) >= 11 is 0. The Kier molecular flexibility index (Phi) is 3.96. The van der Waals surface area contributed by atoms with Crippen LogP contribution in [0.15, 0.2) is 22.6 Å². The first kappa shape index (κ1) is 15.1. The molecule has 0 radical (unpaired) electrons. The summed E-state index contributed by atoms with van der Waals surface area (Å²) in [5.41, 5.74) is 9.02. The average Bonchev–Trinajstić information content (AvgIpc) is 2.89. The first-order chi connectivity index (χ1) is 10.5. The molecule has 2 aromatic rings. The first-order valence-corrected chi connectivity index (χ1v) is 8.01. The van der Waals surface area contributed by atoms with Gasteiger partial charge >= 0.3 is 0 Å². The molecule has 0 aliphatic carbocycles. The van der Waals surface area contributed by atoms with E-state index in [1.165, 1.54) is 11.1 Å². The van der Waals surface area contributed by atoms with Gasteiger partial charge in [-0.05, 0) is 61.9 Å². The number of hydrogen-bond donors (Lipinski definition) is 1. The van der Waals surface area contributed by atoms with Gasteiger partial charge in [0.15, 0.2) is 5.76 Å². The molecule has 1 saturated heterocycles. The van der Waals surface area contributed by atoms with Crippen LogP contribution < -0.4 is 5.73 Å². The fourth-order valence-corrected chi connectivity index (χ4v) is 3.29.